The van der Waals surface area contributed by atoms with E-state index in [4.69, 9.17) is 0 Å². The summed E-state index contributed by atoms with van der Waals surface area (Å²) in [5.41, 5.74) is 1.36. The second-order valence-corrected chi connectivity index (χ2v) is 3.76. The minimum atomic E-state index is 0. The first-order chi connectivity index (χ1) is 8.90. The fraction of sp³-hybridized carbons (Fsp3) is 0.625. The molecule has 3 heteroatoms. The first-order valence-electron chi connectivity index (χ1n) is 7.42. The summed E-state index contributed by atoms with van der Waals surface area (Å²) in [5, 5.41) is 0. The second-order valence-electron chi connectivity index (χ2n) is 3.76. The van der Waals surface area contributed by atoms with Crippen LogP contribution in [0.1, 0.15) is 34.6 Å². The van der Waals surface area contributed by atoms with E-state index >= 15 is 0 Å². The summed E-state index contributed by atoms with van der Waals surface area (Å²) in [6.45, 7) is 16.1. The van der Waals surface area contributed by atoms with Crippen LogP contribution >= 0.6 is 0 Å². The number of piperazine rings is 1. The number of anilines is 1. The molecular weight excluding hydrogens is 231 g/mol. The molecule has 1 aromatic rings. The van der Waals surface area contributed by atoms with Gasteiger partial charge in [-0.15, -0.1) is 0 Å². The normalized spacial score (nSPS) is 14.3. The van der Waals surface area contributed by atoms with Gasteiger partial charge in [-0.2, -0.15) is 0 Å². The molecule has 2 rings (SSSR count). The molecule has 1 aromatic carbocycles. The van der Waals surface area contributed by atoms with Crippen LogP contribution in [0, 0.1) is 0 Å². The van der Waals surface area contributed by atoms with Crippen LogP contribution in [-0.4, -0.2) is 46.0 Å². The number of hydrogen-bond donors (Lipinski definition) is 0. The summed E-state index contributed by atoms with van der Waals surface area (Å²) < 4.78 is 0. The molecule has 0 spiro atoms. The predicted molar refractivity (Wildman–Crippen MR) is 89.2 cm³/mol. The van der Waals surface area contributed by atoms with Crippen LogP contribution in [0.25, 0.3) is 0 Å². The van der Waals surface area contributed by atoms with Gasteiger partial charge in [0.05, 0.1) is 0 Å². The molecule has 1 fully saturated rings. The Morgan fingerprint density at radius 1 is 0.842 bits per heavy atom. The SMILES string of the molecule is CC.CC.CCN1CCN(c2ccccc2)CC1.[B]. The van der Waals surface area contributed by atoms with Gasteiger partial charge in [-0.3, -0.25) is 0 Å². The van der Waals surface area contributed by atoms with Crippen molar-refractivity contribution in [2.75, 3.05) is 37.6 Å². The topological polar surface area (TPSA) is 6.48 Å². The van der Waals surface area contributed by atoms with Crippen molar-refractivity contribution in [3.63, 3.8) is 0 Å². The van der Waals surface area contributed by atoms with Crippen molar-refractivity contribution in [2.45, 2.75) is 34.6 Å². The molecule has 1 heterocycles. The van der Waals surface area contributed by atoms with E-state index in [0.717, 1.165) is 13.1 Å². The van der Waals surface area contributed by atoms with Crippen LogP contribution in [0.3, 0.4) is 0 Å². The smallest absolute Gasteiger partial charge is 0.0367 e. The molecule has 0 saturated carbocycles. The molecule has 0 amide bonds. The summed E-state index contributed by atoms with van der Waals surface area (Å²) in [7, 11) is 0. The fourth-order valence-corrected chi connectivity index (χ4v) is 1.96. The summed E-state index contributed by atoms with van der Waals surface area (Å²) in [6.07, 6.45) is 0. The van der Waals surface area contributed by atoms with Gasteiger partial charge in [0.15, 0.2) is 0 Å². The highest BCUT2D eigenvalue weighted by molar-refractivity contribution is 5.75. The minimum absolute atomic E-state index is 0. The first kappa shape index (κ1) is 20.4. The van der Waals surface area contributed by atoms with E-state index in [0.29, 0.717) is 0 Å². The quantitative estimate of drug-likeness (QED) is 0.752. The molecule has 3 radical (unpaired) electrons. The Hall–Kier alpha value is -0.955. The van der Waals surface area contributed by atoms with E-state index in [2.05, 4.69) is 47.1 Å². The van der Waals surface area contributed by atoms with Crippen LogP contribution in [0.15, 0.2) is 30.3 Å². The highest BCUT2D eigenvalue weighted by Gasteiger charge is 2.14. The van der Waals surface area contributed by atoms with Crippen molar-refractivity contribution >= 4 is 14.1 Å². The molecule has 1 aliphatic heterocycles. The number of benzene rings is 1. The standard InChI is InChI=1S/C12H18N2.2C2H6.B/c1-2-13-8-10-14(11-9-13)12-6-4-3-5-7-12;2*1-2;/h3-7H,2,8-11H2,1H3;2*1-2H3;. The molecule has 0 aromatic heterocycles. The van der Waals surface area contributed by atoms with Crippen LogP contribution in [0.2, 0.25) is 0 Å². The predicted octanol–water partition coefficient (Wildman–Crippen LogP) is 3.50. The van der Waals surface area contributed by atoms with Crippen LogP contribution in [0.5, 0.6) is 0 Å². The summed E-state index contributed by atoms with van der Waals surface area (Å²) in [6, 6.07) is 10.7. The highest BCUT2D eigenvalue weighted by atomic mass is 15.3. The molecular formula is C16H30BN2. The number of likely N-dealkylation sites (N-methyl/N-ethyl adjacent to an activating group) is 1. The summed E-state index contributed by atoms with van der Waals surface area (Å²) in [4.78, 5) is 4.96. The maximum atomic E-state index is 2.50. The number of para-hydroxylation sites is 1. The zero-order valence-electron chi connectivity index (χ0n) is 13.4. The average molecular weight is 261 g/mol. The molecule has 1 saturated heterocycles. The Kier molecular flexibility index (Phi) is 14.4. The number of rotatable bonds is 2. The van der Waals surface area contributed by atoms with E-state index in [1.165, 1.54) is 25.3 Å². The monoisotopic (exact) mass is 261 g/mol. The molecule has 0 aliphatic carbocycles. The lowest BCUT2D eigenvalue weighted by atomic mass is 10.2. The Morgan fingerprint density at radius 3 is 1.74 bits per heavy atom. The Morgan fingerprint density at radius 2 is 1.32 bits per heavy atom. The van der Waals surface area contributed by atoms with E-state index < -0.39 is 0 Å². The van der Waals surface area contributed by atoms with Gasteiger partial charge < -0.3 is 9.80 Å². The van der Waals surface area contributed by atoms with Crippen molar-refractivity contribution in [3.05, 3.63) is 30.3 Å². The van der Waals surface area contributed by atoms with E-state index in [9.17, 15) is 0 Å². The molecule has 0 atom stereocenters. The summed E-state index contributed by atoms with van der Waals surface area (Å²) >= 11 is 0. The zero-order valence-corrected chi connectivity index (χ0v) is 13.4. The van der Waals surface area contributed by atoms with Gasteiger partial charge in [0.1, 0.15) is 0 Å². The van der Waals surface area contributed by atoms with Gasteiger partial charge >= 0.3 is 0 Å². The van der Waals surface area contributed by atoms with Crippen molar-refractivity contribution < 1.29 is 0 Å². The van der Waals surface area contributed by atoms with Gasteiger partial charge in [-0.05, 0) is 18.7 Å². The van der Waals surface area contributed by atoms with Gasteiger partial charge in [0.25, 0.3) is 0 Å². The number of nitrogens with zero attached hydrogens (tertiary/aromatic N) is 2. The number of hydrogen-bond acceptors (Lipinski definition) is 2. The fourth-order valence-electron chi connectivity index (χ4n) is 1.96. The Labute approximate surface area is 122 Å². The van der Waals surface area contributed by atoms with Crippen LogP contribution in [0.4, 0.5) is 5.69 Å². The lowest BCUT2D eigenvalue weighted by Crippen LogP contribution is -2.46. The molecule has 19 heavy (non-hydrogen) atoms. The maximum absolute atomic E-state index is 2.50. The van der Waals surface area contributed by atoms with E-state index in [-0.39, 0.29) is 8.41 Å². The molecule has 0 unspecified atom stereocenters. The molecule has 0 N–H and O–H groups in total. The van der Waals surface area contributed by atoms with Gasteiger partial charge in [-0.25, -0.2) is 0 Å². The van der Waals surface area contributed by atoms with E-state index in [1.54, 1.807) is 0 Å². The molecule has 2 nitrogen and oxygen atoms in total. The first-order valence-corrected chi connectivity index (χ1v) is 7.42. The molecule has 0 bridgehead atoms. The lowest BCUT2D eigenvalue weighted by Gasteiger charge is -2.35. The third-order valence-electron chi connectivity index (χ3n) is 2.94. The zero-order chi connectivity index (χ0) is 13.8. The summed E-state index contributed by atoms with van der Waals surface area (Å²) in [5.74, 6) is 0. The second kappa shape index (κ2) is 13.5. The highest BCUT2D eigenvalue weighted by Crippen LogP contribution is 2.14. The third kappa shape index (κ3) is 7.26. The van der Waals surface area contributed by atoms with Crippen molar-refractivity contribution in [3.8, 4) is 0 Å². The lowest BCUT2D eigenvalue weighted by molar-refractivity contribution is 0.271. The van der Waals surface area contributed by atoms with Crippen molar-refractivity contribution in [2.24, 2.45) is 0 Å². The van der Waals surface area contributed by atoms with Gasteiger partial charge in [0.2, 0.25) is 0 Å². The minimum Gasteiger partial charge on any atom is -0.369 e. The van der Waals surface area contributed by atoms with Crippen molar-refractivity contribution in [1.82, 2.24) is 4.90 Å². The Bertz CT molecular complexity index is 269. The maximum Gasteiger partial charge on any atom is 0.0367 e. The van der Waals surface area contributed by atoms with Crippen molar-refractivity contribution in [1.29, 1.82) is 0 Å². The molecule has 107 valence electrons. The van der Waals surface area contributed by atoms with Gasteiger partial charge in [0, 0.05) is 40.3 Å². The molecule has 1 aliphatic rings. The van der Waals surface area contributed by atoms with Crippen LogP contribution < -0.4 is 4.90 Å². The third-order valence-corrected chi connectivity index (χ3v) is 2.94. The average Bonchev–Trinajstić information content (AvgIpc) is 2.52. The van der Waals surface area contributed by atoms with Crippen LogP contribution in [-0.2, 0) is 0 Å². The van der Waals surface area contributed by atoms with E-state index in [1.807, 2.05) is 27.7 Å². The largest absolute Gasteiger partial charge is 0.369 e. The Balaban J connectivity index is 0. The van der Waals surface area contributed by atoms with Gasteiger partial charge in [-0.1, -0.05) is 52.8 Å².